The summed E-state index contributed by atoms with van der Waals surface area (Å²) in [5.74, 6) is 2.21. The lowest BCUT2D eigenvalue weighted by Gasteiger charge is -2.36. The molecule has 146 valence electrons. The number of nitrogens with zero attached hydrogens (tertiary/aromatic N) is 6. The highest BCUT2D eigenvalue weighted by Gasteiger charge is 2.33. The van der Waals surface area contributed by atoms with Gasteiger partial charge in [-0.25, -0.2) is 0 Å². The van der Waals surface area contributed by atoms with Gasteiger partial charge in [-0.2, -0.15) is 10.1 Å². The van der Waals surface area contributed by atoms with Crippen molar-refractivity contribution >= 4 is 5.91 Å². The van der Waals surface area contributed by atoms with Crippen LogP contribution in [-0.4, -0.2) is 62.3 Å². The van der Waals surface area contributed by atoms with E-state index in [4.69, 9.17) is 4.52 Å². The van der Waals surface area contributed by atoms with Crippen LogP contribution in [0.1, 0.15) is 55.9 Å². The van der Waals surface area contributed by atoms with Gasteiger partial charge in [0.2, 0.25) is 11.8 Å². The molecule has 2 aliphatic rings. The van der Waals surface area contributed by atoms with Gasteiger partial charge in [0.1, 0.15) is 0 Å². The van der Waals surface area contributed by atoms with Crippen molar-refractivity contribution in [3.8, 4) is 0 Å². The first-order valence-corrected chi connectivity index (χ1v) is 9.82. The summed E-state index contributed by atoms with van der Waals surface area (Å²) in [7, 11) is 1.85. The molecule has 27 heavy (non-hydrogen) atoms. The standard InChI is InChI=1S/C19H28N6O2/c1-13(2)25-10-14(8-20-25)9-24-11-16(12-24)18-21-17(22-27-18)6-7-23(3)19(26)15-4-5-15/h8,10,13,15-16H,4-7,9,11-12H2,1-3H3. The molecular formula is C19H28N6O2. The minimum atomic E-state index is 0.245. The lowest BCUT2D eigenvalue weighted by atomic mass is 10.00. The molecule has 0 spiro atoms. The smallest absolute Gasteiger partial charge is 0.232 e. The number of carbonyl (C=O) groups is 1. The minimum absolute atomic E-state index is 0.245. The molecule has 0 atom stereocenters. The number of carbonyl (C=O) groups excluding carboxylic acids is 1. The summed E-state index contributed by atoms with van der Waals surface area (Å²) in [6.45, 7) is 7.65. The Hall–Kier alpha value is -2.22. The lowest BCUT2D eigenvalue weighted by molar-refractivity contribution is -0.131. The number of amides is 1. The summed E-state index contributed by atoms with van der Waals surface area (Å²) in [4.78, 5) is 20.7. The summed E-state index contributed by atoms with van der Waals surface area (Å²) >= 11 is 0. The Labute approximate surface area is 159 Å². The normalized spacial score (nSPS) is 18.1. The van der Waals surface area contributed by atoms with Gasteiger partial charge in [-0.05, 0) is 26.7 Å². The Morgan fingerprint density at radius 1 is 1.37 bits per heavy atom. The van der Waals surface area contributed by atoms with E-state index in [2.05, 4.69) is 40.2 Å². The summed E-state index contributed by atoms with van der Waals surface area (Å²) in [5.41, 5.74) is 1.23. The van der Waals surface area contributed by atoms with E-state index >= 15 is 0 Å². The van der Waals surface area contributed by atoms with Crippen LogP contribution in [0.3, 0.4) is 0 Å². The Morgan fingerprint density at radius 2 is 2.15 bits per heavy atom. The molecule has 2 aromatic rings. The molecule has 0 unspecified atom stereocenters. The quantitative estimate of drug-likeness (QED) is 0.704. The van der Waals surface area contributed by atoms with E-state index in [-0.39, 0.29) is 11.8 Å². The van der Waals surface area contributed by atoms with Gasteiger partial charge in [0.25, 0.3) is 0 Å². The zero-order valence-corrected chi connectivity index (χ0v) is 16.3. The highest BCUT2D eigenvalue weighted by atomic mass is 16.5. The average Bonchev–Trinajstić information content (AvgIpc) is 3.17. The van der Waals surface area contributed by atoms with Crippen molar-refractivity contribution in [2.24, 2.45) is 5.92 Å². The fourth-order valence-corrected chi connectivity index (χ4v) is 3.41. The van der Waals surface area contributed by atoms with Gasteiger partial charge >= 0.3 is 0 Å². The molecule has 0 radical (unpaired) electrons. The van der Waals surface area contributed by atoms with Gasteiger partial charge in [0.15, 0.2) is 5.82 Å². The third-order valence-electron chi connectivity index (χ3n) is 5.35. The largest absolute Gasteiger partial charge is 0.345 e. The van der Waals surface area contributed by atoms with Crippen LogP contribution in [0.5, 0.6) is 0 Å². The van der Waals surface area contributed by atoms with Crippen LogP contribution in [0.4, 0.5) is 0 Å². The zero-order chi connectivity index (χ0) is 19.0. The molecule has 4 rings (SSSR count). The fraction of sp³-hybridized carbons (Fsp3) is 0.684. The van der Waals surface area contributed by atoms with Crippen molar-refractivity contribution in [1.82, 2.24) is 29.7 Å². The van der Waals surface area contributed by atoms with Gasteiger partial charge in [-0.3, -0.25) is 14.4 Å². The van der Waals surface area contributed by atoms with Gasteiger partial charge < -0.3 is 9.42 Å². The number of aromatic nitrogens is 4. The molecule has 0 aromatic carbocycles. The van der Waals surface area contributed by atoms with E-state index in [0.29, 0.717) is 30.7 Å². The van der Waals surface area contributed by atoms with Crippen molar-refractivity contribution in [3.05, 3.63) is 29.7 Å². The number of hydrogen-bond acceptors (Lipinski definition) is 6. The molecule has 1 aliphatic carbocycles. The molecule has 8 heteroatoms. The van der Waals surface area contributed by atoms with Crippen LogP contribution in [0.25, 0.3) is 0 Å². The third kappa shape index (κ3) is 4.21. The first-order valence-electron chi connectivity index (χ1n) is 9.82. The van der Waals surface area contributed by atoms with Crippen LogP contribution in [-0.2, 0) is 17.8 Å². The molecule has 0 bridgehead atoms. The van der Waals surface area contributed by atoms with Crippen molar-refractivity contribution in [2.75, 3.05) is 26.7 Å². The SMILES string of the molecule is CC(C)n1cc(CN2CC(c3nc(CCN(C)C(=O)C4CC4)no3)C2)cn1. The second kappa shape index (κ2) is 7.42. The Kier molecular flexibility index (Phi) is 4.99. The van der Waals surface area contributed by atoms with Crippen molar-refractivity contribution < 1.29 is 9.32 Å². The molecule has 1 amide bonds. The molecule has 1 saturated heterocycles. The van der Waals surface area contributed by atoms with E-state index in [1.54, 1.807) is 4.90 Å². The highest BCUT2D eigenvalue weighted by molar-refractivity contribution is 5.80. The maximum atomic E-state index is 12.0. The summed E-state index contributed by atoms with van der Waals surface area (Å²) < 4.78 is 7.44. The topological polar surface area (TPSA) is 80.3 Å². The van der Waals surface area contributed by atoms with Crippen LogP contribution >= 0.6 is 0 Å². The average molecular weight is 372 g/mol. The van der Waals surface area contributed by atoms with E-state index < -0.39 is 0 Å². The molecule has 1 saturated carbocycles. The van der Waals surface area contributed by atoms with E-state index in [1.165, 1.54) is 5.56 Å². The molecule has 2 fully saturated rings. The minimum Gasteiger partial charge on any atom is -0.345 e. The molecule has 0 N–H and O–H groups in total. The summed E-state index contributed by atoms with van der Waals surface area (Å²) in [6, 6.07) is 0.387. The van der Waals surface area contributed by atoms with Crippen LogP contribution in [0.15, 0.2) is 16.9 Å². The van der Waals surface area contributed by atoms with E-state index in [1.807, 2.05) is 17.9 Å². The predicted molar refractivity (Wildman–Crippen MR) is 99.0 cm³/mol. The fourth-order valence-electron chi connectivity index (χ4n) is 3.41. The number of likely N-dealkylation sites (tertiary alicyclic amines) is 1. The van der Waals surface area contributed by atoms with Gasteiger partial charge in [-0.15, -0.1) is 0 Å². The molecule has 2 aromatic heterocycles. The zero-order valence-electron chi connectivity index (χ0n) is 16.3. The molecule has 3 heterocycles. The first kappa shape index (κ1) is 18.2. The van der Waals surface area contributed by atoms with Crippen molar-refractivity contribution in [3.63, 3.8) is 0 Å². The van der Waals surface area contributed by atoms with Gasteiger partial charge in [0.05, 0.1) is 12.1 Å². The molecular weight excluding hydrogens is 344 g/mol. The van der Waals surface area contributed by atoms with Crippen LogP contribution in [0.2, 0.25) is 0 Å². The third-order valence-corrected chi connectivity index (χ3v) is 5.35. The number of hydrogen-bond donors (Lipinski definition) is 0. The summed E-state index contributed by atoms with van der Waals surface area (Å²) in [6.07, 6.45) is 6.76. The highest BCUT2D eigenvalue weighted by Crippen LogP contribution is 2.30. The van der Waals surface area contributed by atoms with Crippen molar-refractivity contribution in [1.29, 1.82) is 0 Å². The number of likely N-dealkylation sites (N-methyl/N-ethyl adjacent to an activating group) is 1. The van der Waals surface area contributed by atoms with E-state index in [9.17, 15) is 4.79 Å². The molecule has 8 nitrogen and oxygen atoms in total. The first-order chi connectivity index (χ1) is 13.0. The van der Waals surface area contributed by atoms with Gasteiger partial charge in [0, 0.05) is 63.4 Å². The molecule has 1 aliphatic heterocycles. The monoisotopic (exact) mass is 372 g/mol. The van der Waals surface area contributed by atoms with Crippen LogP contribution in [0, 0.1) is 5.92 Å². The second-order valence-corrected chi connectivity index (χ2v) is 8.15. The van der Waals surface area contributed by atoms with Crippen molar-refractivity contribution in [2.45, 2.75) is 51.6 Å². The summed E-state index contributed by atoms with van der Waals surface area (Å²) in [5, 5.41) is 8.48. The predicted octanol–water partition coefficient (Wildman–Crippen LogP) is 1.86. The van der Waals surface area contributed by atoms with E-state index in [0.717, 1.165) is 38.4 Å². The Morgan fingerprint density at radius 3 is 2.81 bits per heavy atom. The van der Waals surface area contributed by atoms with Gasteiger partial charge in [-0.1, -0.05) is 5.16 Å². The van der Waals surface area contributed by atoms with Crippen LogP contribution < -0.4 is 0 Å². The maximum Gasteiger partial charge on any atom is 0.232 e. The number of rotatable bonds is 8. The Bertz CT molecular complexity index is 788. The Balaban J connectivity index is 1.22. The lowest BCUT2D eigenvalue weighted by Crippen LogP contribution is -2.44. The second-order valence-electron chi connectivity index (χ2n) is 8.15. The maximum absolute atomic E-state index is 12.0.